The van der Waals surface area contributed by atoms with Crippen molar-refractivity contribution >= 4 is 25.6 Å². The minimum absolute atomic E-state index is 0.0293. The van der Waals surface area contributed by atoms with Gasteiger partial charge >= 0.3 is 0 Å². The lowest BCUT2D eigenvalue weighted by Gasteiger charge is -2.26. The van der Waals surface area contributed by atoms with Gasteiger partial charge in [-0.1, -0.05) is 13.3 Å². The van der Waals surface area contributed by atoms with Gasteiger partial charge in [0, 0.05) is 21.8 Å². The Bertz CT molecular complexity index is 656. The van der Waals surface area contributed by atoms with Crippen LogP contribution in [0, 0.1) is 12.7 Å². The Hall–Kier alpha value is -1.14. The molecule has 1 N–H and O–H groups in total. The molecular weight excluding hydrogens is 317 g/mol. The molecule has 0 heterocycles. The highest BCUT2D eigenvalue weighted by Crippen LogP contribution is 2.25. The number of halogens is 2. The second kappa shape index (κ2) is 6.32. The van der Waals surface area contributed by atoms with Crippen LogP contribution in [-0.4, -0.2) is 19.9 Å². The number of rotatable bonds is 5. The van der Waals surface area contributed by atoms with Gasteiger partial charge in [0.2, 0.25) is 0 Å². The molecule has 0 aliphatic rings. The fraction of sp³-hybridized carbons (Fsp3) is 0.500. The summed E-state index contributed by atoms with van der Waals surface area (Å²) in [7, 11) is 1.16. The maximum atomic E-state index is 13.6. The maximum absolute atomic E-state index is 13.6. The van der Waals surface area contributed by atoms with Crippen LogP contribution in [0.4, 0.5) is 4.39 Å². The fourth-order valence-electron chi connectivity index (χ4n) is 2.21. The third-order valence-electron chi connectivity index (χ3n) is 3.16. The molecular formula is C14H19ClFNO3S. The number of nitrogens with one attached hydrogen (secondary N) is 1. The minimum atomic E-state index is -4.11. The number of carbonyl (C=O) groups is 1. The summed E-state index contributed by atoms with van der Waals surface area (Å²) in [4.78, 5) is 11.9. The topological polar surface area (TPSA) is 63.2 Å². The Balaban J connectivity index is 3.26. The van der Waals surface area contributed by atoms with Crippen LogP contribution in [0.1, 0.15) is 49.5 Å². The number of benzene rings is 1. The molecule has 0 aliphatic carbocycles. The lowest BCUT2D eigenvalue weighted by atomic mass is 9.97. The van der Waals surface area contributed by atoms with E-state index in [1.54, 1.807) is 0 Å². The van der Waals surface area contributed by atoms with E-state index in [0.717, 1.165) is 25.0 Å². The first-order chi connectivity index (χ1) is 9.48. The molecule has 118 valence electrons. The van der Waals surface area contributed by atoms with Crippen LogP contribution in [0.5, 0.6) is 0 Å². The summed E-state index contributed by atoms with van der Waals surface area (Å²) >= 11 is 0. The van der Waals surface area contributed by atoms with Crippen LogP contribution < -0.4 is 5.32 Å². The van der Waals surface area contributed by atoms with Gasteiger partial charge in [0.1, 0.15) is 5.82 Å². The molecule has 0 aromatic heterocycles. The third-order valence-corrected chi connectivity index (χ3v) is 4.61. The Morgan fingerprint density at radius 3 is 2.43 bits per heavy atom. The van der Waals surface area contributed by atoms with Crippen molar-refractivity contribution < 1.29 is 17.6 Å². The van der Waals surface area contributed by atoms with E-state index in [2.05, 4.69) is 5.32 Å². The van der Waals surface area contributed by atoms with Gasteiger partial charge in [0.05, 0.1) is 4.90 Å². The molecule has 0 unspecified atom stereocenters. The average Bonchev–Trinajstić information content (AvgIpc) is 2.29. The van der Waals surface area contributed by atoms with Gasteiger partial charge in [-0.05, 0) is 44.9 Å². The summed E-state index contributed by atoms with van der Waals surface area (Å²) in [5.74, 6) is -1.34. The Morgan fingerprint density at radius 2 is 1.95 bits per heavy atom. The lowest BCUT2D eigenvalue weighted by molar-refractivity contribution is 0.0907. The molecule has 1 aromatic rings. The van der Waals surface area contributed by atoms with E-state index in [1.165, 1.54) is 6.92 Å². The first-order valence-corrected chi connectivity index (χ1v) is 8.86. The van der Waals surface area contributed by atoms with E-state index < -0.39 is 26.3 Å². The predicted octanol–water partition coefficient (Wildman–Crippen LogP) is 3.37. The molecule has 4 nitrogen and oxygen atoms in total. The summed E-state index contributed by atoms with van der Waals surface area (Å²) in [5.41, 5.74) is -0.362. The van der Waals surface area contributed by atoms with Crippen molar-refractivity contribution in [2.45, 2.75) is 51.0 Å². The van der Waals surface area contributed by atoms with E-state index >= 15 is 0 Å². The van der Waals surface area contributed by atoms with Gasteiger partial charge in [-0.3, -0.25) is 4.79 Å². The van der Waals surface area contributed by atoms with E-state index in [4.69, 9.17) is 10.7 Å². The lowest BCUT2D eigenvalue weighted by Crippen LogP contribution is -2.43. The van der Waals surface area contributed by atoms with Crippen LogP contribution in [0.25, 0.3) is 0 Å². The van der Waals surface area contributed by atoms with Crippen molar-refractivity contribution in [3.63, 3.8) is 0 Å². The van der Waals surface area contributed by atoms with Crippen molar-refractivity contribution in [2.75, 3.05) is 0 Å². The normalized spacial score (nSPS) is 12.3. The van der Waals surface area contributed by atoms with E-state index in [0.29, 0.717) is 0 Å². The van der Waals surface area contributed by atoms with Crippen molar-refractivity contribution in [3.8, 4) is 0 Å². The molecule has 0 atom stereocenters. The second-order valence-corrected chi connectivity index (χ2v) is 8.14. The molecule has 1 amide bonds. The van der Waals surface area contributed by atoms with Crippen LogP contribution in [0.3, 0.4) is 0 Å². The van der Waals surface area contributed by atoms with Crippen molar-refractivity contribution in [2.24, 2.45) is 0 Å². The standard InChI is InChI=1S/C14H19ClFNO3S/c1-5-6-14(3,4)17-13(18)11-7-10(16)8-12(9(11)2)21(15,19)20/h7-8H,5-6H2,1-4H3,(H,17,18). The largest absolute Gasteiger partial charge is 0.347 e. The third kappa shape index (κ3) is 4.68. The van der Waals surface area contributed by atoms with Crippen molar-refractivity contribution in [1.82, 2.24) is 5.32 Å². The summed E-state index contributed by atoms with van der Waals surface area (Å²) in [6.07, 6.45) is 1.62. The van der Waals surface area contributed by atoms with E-state index in [1.807, 2.05) is 20.8 Å². The van der Waals surface area contributed by atoms with Crippen LogP contribution in [-0.2, 0) is 9.05 Å². The van der Waals surface area contributed by atoms with E-state index in [-0.39, 0.29) is 16.0 Å². The maximum Gasteiger partial charge on any atom is 0.261 e. The molecule has 0 fully saturated rings. The highest BCUT2D eigenvalue weighted by Gasteiger charge is 2.25. The molecule has 0 saturated carbocycles. The molecule has 0 aliphatic heterocycles. The number of carbonyl (C=O) groups excluding carboxylic acids is 1. The van der Waals surface area contributed by atoms with Gasteiger partial charge in [-0.2, -0.15) is 0 Å². The summed E-state index contributed by atoms with van der Waals surface area (Å²) in [5, 5.41) is 2.78. The SMILES string of the molecule is CCCC(C)(C)NC(=O)c1cc(F)cc(S(=O)(=O)Cl)c1C. The Kier molecular flexibility index (Phi) is 5.39. The Morgan fingerprint density at radius 1 is 1.38 bits per heavy atom. The highest BCUT2D eigenvalue weighted by molar-refractivity contribution is 8.13. The van der Waals surface area contributed by atoms with Crippen LogP contribution in [0.2, 0.25) is 0 Å². The zero-order valence-electron chi connectivity index (χ0n) is 12.5. The summed E-state index contributed by atoms with van der Waals surface area (Å²) < 4.78 is 36.4. The van der Waals surface area contributed by atoms with Crippen molar-refractivity contribution in [1.29, 1.82) is 0 Å². The van der Waals surface area contributed by atoms with Crippen molar-refractivity contribution in [3.05, 3.63) is 29.1 Å². The Labute approximate surface area is 129 Å². The first kappa shape index (κ1) is 17.9. The smallest absolute Gasteiger partial charge is 0.261 e. The quantitative estimate of drug-likeness (QED) is 0.839. The molecule has 1 rings (SSSR count). The zero-order valence-corrected chi connectivity index (χ0v) is 14.0. The molecule has 0 bridgehead atoms. The molecule has 0 saturated heterocycles. The van der Waals surface area contributed by atoms with Crippen LogP contribution >= 0.6 is 10.7 Å². The predicted molar refractivity (Wildman–Crippen MR) is 80.6 cm³/mol. The zero-order chi connectivity index (χ0) is 16.4. The fourth-order valence-corrected chi connectivity index (χ4v) is 3.42. The summed E-state index contributed by atoms with van der Waals surface area (Å²) in [6.45, 7) is 7.11. The van der Waals surface area contributed by atoms with Gasteiger partial charge in [0.25, 0.3) is 15.0 Å². The average molecular weight is 336 g/mol. The molecule has 1 aromatic carbocycles. The molecule has 7 heteroatoms. The first-order valence-electron chi connectivity index (χ1n) is 6.55. The number of amides is 1. The van der Waals surface area contributed by atoms with Gasteiger partial charge in [-0.25, -0.2) is 12.8 Å². The van der Waals surface area contributed by atoms with Crippen LogP contribution in [0.15, 0.2) is 17.0 Å². The monoisotopic (exact) mass is 335 g/mol. The second-order valence-electron chi connectivity index (χ2n) is 5.60. The van der Waals surface area contributed by atoms with Gasteiger partial charge in [-0.15, -0.1) is 0 Å². The molecule has 0 spiro atoms. The number of hydrogen-bond donors (Lipinski definition) is 1. The van der Waals surface area contributed by atoms with Gasteiger partial charge in [0.15, 0.2) is 0 Å². The highest BCUT2D eigenvalue weighted by atomic mass is 35.7. The molecule has 0 radical (unpaired) electrons. The minimum Gasteiger partial charge on any atom is -0.347 e. The molecule has 21 heavy (non-hydrogen) atoms. The summed E-state index contributed by atoms with van der Waals surface area (Å²) in [6, 6.07) is 1.82. The number of hydrogen-bond acceptors (Lipinski definition) is 3. The van der Waals surface area contributed by atoms with E-state index in [9.17, 15) is 17.6 Å². The van der Waals surface area contributed by atoms with Gasteiger partial charge < -0.3 is 5.32 Å².